The summed E-state index contributed by atoms with van der Waals surface area (Å²) in [6.45, 7) is 0. The standard InChI is InChI=1S/C4H3N2.ClH.Mg/c1-2-4-6-5-3-1;;/h1-3H;1H;/q-1;;+2/p-1. The molecule has 1 aromatic heterocycles. The van der Waals surface area contributed by atoms with Gasteiger partial charge in [0.1, 0.15) is 0 Å². The maximum atomic E-state index is 3.48. The topological polar surface area (TPSA) is 25.8 Å². The van der Waals surface area contributed by atoms with Gasteiger partial charge >= 0.3 is 23.1 Å². The summed E-state index contributed by atoms with van der Waals surface area (Å²) in [5.41, 5.74) is 0. The molecule has 38 valence electrons. The molecule has 0 aliphatic heterocycles. The Hall–Kier alpha value is 0.136. The first-order valence-corrected chi connectivity index (χ1v) is 1.64. The second-order valence-corrected chi connectivity index (χ2v) is 0.853. The number of halogens is 1. The van der Waals surface area contributed by atoms with Crippen LogP contribution in [0.15, 0.2) is 18.3 Å². The van der Waals surface area contributed by atoms with Crippen molar-refractivity contribution < 1.29 is 12.4 Å². The molecule has 0 bridgehead atoms. The smallest absolute Gasteiger partial charge is 1.00 e. The summed E-state index contributed by atoms with van der Waals surface area (Å²) < 4.78 is 0. The van der Waals surface area contributed by atoms with Gasteiger partial charge in [-0.3, -0.25) is 5.10 Å². The van der Waals surface area contributed by atoms with Crippen LogP contribution in [0.3, 0.4) is 0 Å². The fraction of sp³-hybridized carbons (Fsp3) is 0. The van der Waals surface area contributed by atoms with E-state index in [2.05, 4.69) is 16.4 Å². The van der Waals surface area contributed by atoms with E-state index in [9.17, 15) is 0 Å². The van der Waals surface area contributed by atoms with E-state index >= 15 is 0 Å². The molecule has 8 heavy (non-hydrogen) atoms. The van der Waals surface area contributed by atoms with E-state index < -0.39 is 0 Å². The first-order valence-electron chi connectivity index (χ1n) is 1.64. The van der Waals surface area contributed by atoms with Crippen LogP contribution in [0.5, 0.6) is 0 Å². The first kappa shape index (κ1) is 11.0. The van der Waals surface area contributed by atoms with Gasteiger partial charge in [-0.05, 0) is 6.20 Å². The van der Waals surface area contributed by atoms with Crippen molar-refractivity contribution in [1.29, 1.82) is 0 Å². The van der Waals surface area contributed by atoms with E-state index in [1.54, 1.807) is 18.3 Å². The monoisotopic (exact) mass is 138 g/mol. The molecule has 4 heteroatoms. The molecule has 1 rings (SSSR count). The van der Waals surface area contributed by atoms with Gasteiger partial charge in [0.15, 0.2) is 0 Å². The van der Waals surface area contributed by atoms with Crippen LogP contribution in [-0.2, 0) is 0 Å². The van der Waals surface area contributed by atoms with Gasteiger partial charge in [-0.2, -0.15) is 11.2 Å². The van der Waals surface area contributed by atoms with Gasteiger partial charge in [0, 0.05) is 0 Å². The average Bonchev–Trinajstić information content (AvgIpc) is 1.72. The minimum atomic E-state index is 0. The molecule has 0 radical (unpaired) electrons. The van der Waals surface area contributed by atoms with Gasteiger partial charge in [0.05, 0.1) is 0 Å². The molecule has 0 saturated heterocycles. The van der Waals surface area contributed by atoms with Gasteiger partial charge in [0.25, 0.3) is 0 Å². The van der Waals surface area contributed by atoms with Crippen LogP contribution in [0.25, 0.3) is 0 Å². The van der Waals surface area contributed by atoms with Crippen molar-refractivity contribution >= 4 is 23.1 Å². The summed E-state index contributed by atoms with van der Waals surface area (Å²) in [6.07, 6.45) is 4.14. The van der Waals surface area contributed by atoms with Crippen molar-refractivity contribution in [1.82, 2.24) is 10.2 Å². The van der Waals surface area contributed by atoms with E-state index in [1.807, 2.05) is 0 Å². The van der Waals surface area contributed by atoms with E-state index in [1.165, 1.54) is 0 Å². The quantitative estimate of drug-likeness (QED) is 0.281. The molecule has 0 saturated carbocycles. The Kier molecular flexibility index (Phi) is 9.82. The molecule has 0 atom stereocenters. The fourth-order valence-electron chi connectivity index (χ4n) is 0.225. The minimum Gasteiger partial charge on any atom is -1.00 e. The van der Waals surface area contributed by atoms with E-state index in [0.29, 0.717) is 0 Å². The Morgan fingerprint density at radius 2 is 2.12 bits per heavy atom. The molecule has 0 fully saturated rings. The summed E-state index contributed by atoms with van der Waals surface area (Å²) in [6, 6.07) is 3.47. The van der Waals surface area contributed by atoms with E-state index in [4.69, 9.17) is 0 Å². The normalized spacial score (nSPS) is 6.00. The summed E-state index contributed by atoms with van der Waals surface area (Å²) in [7, 11) is 0. The molecule has 0 spiro atoms. The van der Waals surface area contributed by atoms with Gasteiger partial charge < -0.3 is 12.4 Å². The molecule has 0 aliphatic rings. The van der Waals surface area contributed by atoms with Crippen LogP contribution in [-0.4, -0.2) is 33.3 Å². The van der Waals surface area contributed by atoms with Crippen LogP contribution in [0.1, 0.15) is 0 Å². The van der Waals surface area contributed by atoms with E-state index in [0.717, 1.165) is 0 Å². The van der Waals surface area contributed by atoms with Crippen LogP contribution in [0.2, 0.25) is 0 Å². The third kappa shape index (κ3) is 4.30. The van der Waals surface area contributed by atoms with Crippen LogP contribution in [0.4, 0.5) is 0 Å². The first-order chi connectivity index (χ1) is 3.00. The molecular formula is C4H3ClMgN2. The zero-order valence-electron chi connectivity index (χ0n) is 4.21. The Labute approximate surface area is 70.3 Å². The van der Waals surface area contributed by atoms with Gasteiger partial charge in [-0.25, -0.2) is 6.07 Å². The van der Waals surface area contributed by atoms with Crippen molar-refractivity contribution in [3.8, 4) is 0 Å². The van der Waals surface area contributed by atoms with E-state index in [-0.39, 0.29) is 35.5 Å². The Morgan fingerprint density at radius 1 is 1.38 bits per heavy atom. The SMILES string of the molecule is [Cl-].[Mg+2].[c-]1cccnn1. The van der Waals surface area contributed by atoms with Crippen LogP contribution >= 0.6 is 0 Å². The minimum absolute atomic E-state index is 0. The molecule has 0 amide bonds. The molecule has 0 aliphatic carbocycles. The van der Waals surface area contributed by atoms with Crippen molar-refractivity contribution in [2.45, 2.75) is 0 Å². The number of nitrogens with zero attached hydrogens (tertiary/aromatic N) is 2. The summed E-state index contributed by atoms with van der Waals surface area (Å²) in [4.78, 5) is 0. The van der Waals surface area contributed by atoms with Crippen molar-refractivity contribution in [3.63, 3.8) is 0 Å². The third-order valence-corrected chi connectivity index (χ3v) is 0.439. The molecule has 2 nitrogen and oxygen atoms in total. The molecule has 1 heterocycles. The Balaban J connectivity index is 0. The van der Waals surface area contributed by atoms with Gasteiger partial charge in [-0.15, -0.1) is 6.20 Å². The molecule has 1 aromatic rings. The number of hydrogen-bond donors (Lipinski definition) is 0. The second-order valence-electron chi connectivity index (χ2n) is 0.853. The fourth-order valence-corrected chi connectivity index (χ4v) is 0.225. The van der Waals surface area contributed by atoms with Crippen molar-refractivity contribution in [2.24, 2.45) is 0 Å². The zero-order chi connectivity index (χ0) is 4.24. The van der Waals surface area contributed by atoms with Crippen molar-refractivity contribution in [2.75, 3.05) is 0 Å². The number of rotatable bonds is 0. The number of aromatic nitrogens is 2. The summed E-state index contributed by atoms with van der Waals surface area (Å²) >= 11 is 0. The molecule has 0 unspecified atom stereocenters. The number of hydrogen-bond acceptors (Lipinski definition) is 2. The average molecular weight is 139 g/mol. The largest absolute Gasteiger partial charge is 2.00 e. The molecular weight excluding hydrogens is 136 g/mol. The van der Waals surface area contributed by atoms with Crippen molar-refractivity contribution in [3.05, 3.63) is 24.5 Å². The van der Waals surface area contributed by atoms with Gasteiger partial charge in [0.2, 0.25) is 0 Å². The molecule has 0 aromatic carbocycles. The predicted molar refractivity (Wildman–Crippen MR) is 26.6 cm³/mol. The van der Waals surface area contributed by atoms with Crippen LogP contribution in [0, 0.1) is 6.20 Å². The van der Waals surface area contributed by atoms with Crippen LogP contribution < -0.4 is 12.4 Å². The Morgan fingerprint density at radius 3 is 2.25 bits per heavy atom. The summed E-state index contributed by atoms with van der Waals surface area (Å²) in [5, 5.41) is 6.89. The Bertz CT molecular complexity index is 86.0. The zero-order valence-corrected chi connectivity index (χ0v) is 6.38. The predicted octanol–water partition coefficient (Wildman–Crippen LogP) is -3.10. The maximum Gasteiger partial charge on any atom is 2.00 e. The third-order valence-electron chi connectivity index (χ3n) is 0.439. The second kappa shape index (κ2) is 7.14. The van der Waals surface area contributed by atoms with Gasteiger partial charge in [-0.1, -0.05) is 0 Å². The summed E-state index contributed by atoms with van der Waals surface area (Å²) in [5.74, 6) is 0. The maximum absolute atomic E-state index is 3.48. The molecule has 0 N–H and O–H groups in total.